The molecule has 0 aromatic carbocycles. The van der Waals surface area contributed by atoms with Crippen LogP contribution in [-0.2, 0) is 0 Å². The lowest BCUT2D eigenvalue weighted by Gasteiger charge is -2.37. The summed E-state index contributed by atoms with van der Waals surface area (Å²) in [4.78, 5) is 2.68. The van der Waals surface area contributed by atoms with Crippen molar-refractivity contribution in [1.29, 1.82) is 0 Å². The Kier molecular flexibility index (Phi) is 6.50. The molecule has 0 aromatic rings. The molecule has 1 fully saturated rings. The van der Waals surface area contributed by atoms with Gasteiger partial charge >= 0.3 is 0 Å². The van der Waals surface area contributed by atoms with E-state index in [1.807, 2.05) is 0 Å². The highest BCUT2D eigenvalue weighted by atomic mass is 15.2. The van der Waals surface area contributed by atoms with Crippen LogP contribution in [0.3, 0.4) is 0 Å². The maximum atomic E-state index is 5.88. The van der Waals surface area contributed by atoms with E-state index in [0.717, 1.165) is 30.3 Å². The second-order valence-corrected chi connectivity index (χ2v) is 6.55. The summed E-state index contributed by atoms with van der Waals surface area (Å²) in [6.45, 7) is 12.8. The minimum Gasteiger partial charge on any atom is -0.330 e. The number of rotatable bonds is 6. The van der Waals surface area contributed by atoms with Gasteiger partial charge in [0.15, 0.2) is 0 Å². The zero-order valence-corrected chi connectivity index (χ0v) is 12.3. The van der Waals surface area contributed by atoms with Crippen molar-refractivity contribution in [2.45, 2.75) is 59.4 Å². The van der Waals surface area contributed by atoms with Gasteiger partial charge in [-0.1, -0.05) is 20.8 Å². The van der Waals surface area contributed by atoms with Crippen LogP contribution in [-0.4, -0.2) is 30.6 Å². The maximum absolute atomic E-state index is 5.88. The van der Waals surface area contributed by atoms with Crippen molar-refractivity contribution in [3.63, 3.8) is 0 Å². The van der Waals surface area contributed by atoms with Crippen LogP contribution in [0.15, 0.2) is 0 Å². The predicted molar refractivity (Wildman–Crippen MR) is 76.0 cm³/mol. The molecule has 1 heterocycles. The van der Waals surface area contributed by atoms with E-state index in [0.29, 0.717) is 0 Å². The molecule has 0 bridgehead atoms. The average molecular weight is 240 g/mol. The molecule has 17 heavy (non-hydrogen) atoms. The van der Waals surface area contributed by atoms with Crippen LogP contribution in [0.2, 0.25) is 0 Å². The highest BCUT2D eigenvalue weighted by Crippen LogP contribution is 2.23. The standard InChI is InChI=1S/C15H32N2/c1-12(2)9-15(10-16)7-8-17-11-13(3)5-6-14(17)4/h12-15H,5-11,16H2,1-4H3. The zero-order chi connectivity index (χ0) is 12.8. The van der Waals surface area contributed by atoms with Gasteiger partial charge in [-0.3, -0.25) is 0 Å². The molecule has 1 rings (SSSR count). The first-order valence-corrected chi connectivity index (χ1v) is 7.47. The van der Waals surface area contributed by atoms with Crippen molar-refractivity contribution in [3.8, 4) is 0 Å². The molecule has 2 nitrogen and oxygen atoms in total. The Morgan fingerprint density at radius 2 is 1.94 bits per heavy atom. The van der Waals surface area contributed by atoms with Crippen molar-refractivity contribution in [1.82, 2.24) is 4.90 Å². The van der Waals surface area contributed by atoms with Crippen molar-refractivity contribution in [3.05, 3.63) is 0 Å². The summed E-state index contributed by atoms with van der Waals surface area (Å²) in [5, 5.41) is 0. The monoisotopic (exact) mass is 240 g/mol. The van der Waals surface area contributed by atoms with E-state index in [9.17, 15) is 0 Å². The summed E-state index contributed by atoms with van der Waals surface area (Å²) in [6.07, 6.45) is 5.35. The normalized spacial score (nSPS) is 28.6. The van der Waals surface area contributed by atoms with E-state index in [1.165, 1.54) is 38.8 Å². The fourth-order valence-corrected chi connectivity index (χ4v) is 3.04. The Hall–Kier alpha value is -0.0800. The third-order valence-corrected chi connectivity index (χ3v) is 4.21. The number of likely N-dealkylation sites (tertiary alicyclic amines) is 1. The summed E-state index contributed by atoms with van der Waals surface area (Å²) in [5.74, 6) is 2.38. The van der Waals surface area contributed by atoms with E-state index < -0.39 is 0 Å². The van der Waals surface area contributed by atoms with Gasteiger partial charge in [-0.25, -0.2) is 0 Å². The highest BCUT2D eigenvalue weighted by molar-refractivity contribution is 4.77. The first kappa shape index (κ1) is 15.0. The molecule has 0 aromatic heterocycles. The molecule has 0 saturated carbocycles. The fraction of sp³-hybridized carbons (Fsp3) is 1.00. The van der Waals surface area contributed by atoms with Crippen LogP contribution in [0, 0.1) is 17.8 Å². The largest absolute Gasteiger partial charge is 0.330 e. The van der Waals surface area contributed by atoms with Crippen LogP contribution < -0.4 is 5.73 Å². The molecule has 102 valence electrons. The van der Waals surface area contributed by atoms with Crippen molar-refractivity contribution >= 4 is 0 Å². The predicted octanol–water partition coefficient (Wildman–Crippen LogP) is 3.12. The molecule has 1 saturated heterocycles. The van der Waals surface area contributed by atoms with E-state index in [-0.39, 0.29) is 0 Å². The minimum absolute atomic E-state index is 0.722. The molecule has 3 unspecified atom stereocenters. The second kappa shape index (κ2) is 7.38. The minimum atomic E-state index is 0.722. The molecule has 0 amide bonds. The number of piperidine rings is 1. The molecular weight excluding hydrogens is 208 g/mol. The van der Waals surface area contributed by atoms with Gasteiger partial charge in [-0.2, -0.15) is 0 Å². The van der Waals surface area contributed by atoms with Crippen LogP contribution in [0.25, 0.3) is 0 Å². The van der Waals surface area contributed by atoms with Crippen molar-refractivity contribution < 1.29 is 0 Å². The molecule has 1 aliphatic heterocycles. The fourth-order valence-electron chi connectivity index (χ4n) is 3.04. The molecule has 0 aliphatic carbocycles. The quantitative estimate of drug-likeness (QED) is 0.773. The first-order chi connectivity index (χ1) is 8.02. The summed E-state index contributed by atoms with van der Waals surface area (Å²) in [5.41, 5.74) is 5.88. The molecule has 0 radical (unpaired) electrons. The van der Waals surface area contributed by atoms with Crippen LogP contribution in [0.1, 0.15) is 53.4 Å². The van der Waals surface area contributed by atoms with Gasteiger partial charge in [0.1, 0.15) is 0 Å². The van der Waals surface area contributed by atoms with Crippen molar-refractivity contribution in [2.24, 2.45) is 23.5 Å². The van der Waals surface area contributed by atoms with Gasteiger partial charge < -0.3 is 10.6 Å². The smallest absolute Gasteiger partial charge is 0.00671 e. The Labute approximate surface area is 108 Å². The Morgan fingerprint density at radius 3 is 2.53 bits per heavy atom. The zero-order valence-electron chi connectivity index (χ0n) is 12.3. The number of hydrogen-bond acceptors (Lipinski definition) is 2. The Morgan fingerprint density at radius 1 is 1.24 bits per heavy atom. The summed E-state index contributed by atoms with van der Waals surface area (Å²) in [6, 6.07) is 0.781. The van der Waals surface area contributed by atoms with E-state index in [2.05, 4.69) is 32.6 Å². The van der Waals surface area contributed by atoms with Crippen LogP contribution in [0.4, 0.5) is 0 Å². The van der Waals surface area contributed by atoms with E-state index in [1.54, 1.807) is 0 Å². The number of hydrogen-bond donors (Lipinski definition) is 1. The third-order valence-electron chi connectivity index (χ3n) is 4.21. The maximum Gasteiger partial charge on any atom is 0.00671 e. The summed E-state index contributed by atoms with van der Waals surface area (Å²) in [7, 11) is 0. The molecule has 1 aliphatic rings. The lowest BCUT2D eigenvalue weighted by molar-refractivity contribution is 0.116. The summed E-state index contributed by atoms with van der Waals surface area (Å²) < 4.78 is 0. The second-order valence-electron chi connectivity index (χ2n) is 6.55. The Bertz CT molecular complexity index is 203. The third kappa shape index (κ3) is 5.39. The molecule has 2 N–H and O–H groups in total. The molecule has 0 spiro atoms. The first-order valence-electron chi connectivity index (χ1n) is 7.47. The molecule has 2 heteroatoms. The topological polar surface area (TPSA) is 29.3 Å². The lowest BCUT2D eigenvalue weighted by Crippen LogP contribution is -2.42. The molecular formula is C15H32N2. The Balaban J connectivity index is 2.31. The number of nitrogens with two attached hydrogens (primary N) is 1. The lowest BCUT2D eigenvalue weighted by atomic mass is 9.91. The van der Waals surface area contributed by atoms with E-state index >= 15 is 0 Å². The highest BCUT2D eigenvalue weighted by Gasteiger charge is 2.23. The van der Waals surface area contributed by atoms with Gasteiger partial charge in [-0.15, -0.1) is 0 Å². The van der Waals surface area contributed by atoms with Crippen LogP contribution >= 0.6 is 0 Å². The van der Waals surface area contributed by atoms with Crippen LogP contribution in [0.5, 0.6) is 0 Å². The van der Waals surface area contributed by atoms with Crippen molar-refractivity contribution in [2.75, 3.05) is 19.6 Å². The van der Waals surface area contributed by atoms with Gasteiger partial charge in [0.2, 0.25) is 0 Å². The number of nitrogens with zero attached hydrogens (tertiary/aromatic N) is 1. The summed E-state index contributed by atoms with van der Waals surface area (Å²) >= 11 is 0. The molecule has 3 atom stereocenters. The average Bonchev–Trinajstić information content (AvgIpc) is 2.28. The van der Waals surface area contributed by atoms with Gasteiger partial charge in [0, 0.05) is 12.6 Å². The SMILES string of the molecule is CC(C)CC(CN)CCN1CC(C)CCC1C. The van der Waals surface area contributed by atoms with E-state index in [4.69, 9.17) is 5.73 Å². The van der Waals surface area contributed by atoms with Gasteiger partial charge in [0.05, 0.1) is 0 Å². The van der Waals surface area contributed by atoms with Gasteiger partial charge in [0.25, 0.3) is 0 Å². The van der Waals surface area contributed by atoms with Gasteiger partial charge in [-0.05, 0) is 63.5 Å².